The normalized spacial score (nSPS) is 17.0. The molecule has 1 aromatic carbocycles. The molecule has 0 unspecified atom stereocenters. The van der Waals surface area contributed by atoms with Crippen LogP contribution in [0.2, 0.25) is 0 Å². The average Bonchev–Trinajstić information content (AvgIpc) is 2.44. The Bertz CT molecular complexity index is 488. The second kappa shape index (κ2) is 8.27. The Morgan fingerprint density at radius 2 is 2.00 bits per heavy atom. The number of carboxylic acids is 1. The van der Waals surface area contributed by atoms with Crippen molar-refractivity contribution in [3.8, 4) is 0 Å². The molecular formula is C15H19Br2NO3. The molecule has 0 aliphatic carbocycles. The summed E-state index contributed by atoms with van der Waals surface area (Å²) in [5, 5.41) is 8.60. The van der Waals surface area contributed by atoms with Gasteiger partial charge in [0, 0.05) is 28.6 Å². The molecule has 1 fully saturated rings. The van der Waals surface area contributed by atoms with Crippen LogP contribution in [-0.2, 0) is 16.1 Å². The van der Waals surface area contributed by atoms with Crippen LogP contribution in [0.1, 0.15) is 24.8 Å². The highest BCUT2D eigenvalue weighted by molar-refractivity contribution is 9.13. The van der Waals surface area contributed by atoms with Gasteiger partial charge < -0.3 is 9.84 Å². The molecule has 0 aromatic heterocycles. The van der Waals surface area contributed by atoms with Crippen LogP contribution in [0, 0.1) is 0 Å². The highest BCUT2D eigenvalue weighted by Crippen LogP contribution is 2.25. The molecule has 21 heavy (non-hydrogen) atoms. The van der Waals surface area contributed by atoms with Crippen molar-refractivity contribution in [3.63, 3.8) is 0 Å². The van der Waals surface area contributed by atoms with Crippen LogP contribution < -0.4 is 0 Å². The number of rotatable bonds is 6. The molecule has 0 atom stereocenters. The predicted octanol–water partition coefficient (Wildman–Crippen LogP) is 3.67. The highest BCUT2D eigenvalue weighted by Gasteiger charge is 2.20. The number of halogens is 2. The number of benzene rings is 1. The maximum Gasteiger partial charge on any atom is 0.305 e. The first-order chi connectivity index (χ1) is 10.0. The van der Waals surface area contributed by atoms with E-state index >= 15 is 0 Å². The molecule has 2 rings (SSSR count). The summed E-state index contributed by atoms with van der Waals surface area (Å²) in [6, 6.07) is 6.32. The molecule has 116 valence electrons. The third-order valence-electron chi connectivity index (χ3n) is 3.59. The molecule has 1 aromatic rings. The van der Waals surface area contributed by atoms with E-state index in [4.69, 9.17) is 9.84 Å². The maximum absolute atomic E-state index is 10.5. The van der Waals surface area contributed by atoms with Gasteiger partial charge in [-0.1, -0.05) is 6.07 Å². The standard InChI is InChI=1S/C15H19Br2NO3/c16-13-2-1-11(9-14(13)17)10-18-6-3-12(4-7-18)21-8-5-15(19)20/h1-2,9,12H,3-8,10H2,(H,19,20). The zero-order chi connectivity index (χ0) is 15.2. The van der Waals surface area contributed by atoms with Crippen molar-refractivity contribution in [2.24, 2.45) is 0 Å². The summed E-state index contributed by atoms with van der Waals surface area (Å²) in [4.78, 5) is 12.9. The van der Waals surface area contributed by atoms with E-state index in [-0.39, 0.29) is 12.5 Å². The fourth-order valence-corrected chi connectivity index (χ4v) is 3.12. The SMILES string of the molecule is O=C(O)CCOC1CCN(Cc2ccc(Br)c(Br)c2)CC1. The maximum atomic E-state index is 10.5. The van der Waals surface area contributed by atoms with Gasteiger partial charge in [0.05, 0.1) is 19.1 Å². The quantitative estimate of drug-likeness (QED) is 0.762. The van der Waals surface area contributed by atoms with Crippen molar-refractivity contribution in [1.82, 2.24) is 4.90 Å². The number of piperidine rings is 1. The Kier molecular flexibility index (Phi) is 6.67. The average molecular weight is 421 g/mol. The van der Waals surface area contributed by atoms with Gasteiger partial charge in [0.25, 0.3) is 0 Å². The van der Waals surface area contributed by atoms with Gasteiger partial charge in [0.1, 0.15) is 0 Å². The molecule has 0 bridgehead atoms. The van der Waals surface area contributed by atoms with Gasteiger partial charge >= 0.3 is 5.97 Å². The van der Waals surface area contributed by atoms with Crippen molar-refractivity contribution in [1.29, 1.82) is 0 Å². The van der Waals surface area contributed by atoms with E-state index in [1.807, 2.05) is 0 Å². The van der Waals surface area contributed by atoms with Crippen molar-refractivity contribution >= 4 is 37.8 Å². The molecule has 1 saturated heterocycles. The number of carbonyl (C=O) groups is 1. The molecule has 6 heteroatoms. The number of hydrogen-bond acceptors (Lipinski definition) is 3. The van der Waals surface area contributed by atoms with Crippen molar-refractivity contribution in [2.75, 3.05) is 19.7 Å². The van der Waals surface area contributed by atoms with Crippen molar-refractivity contribution in [3.05, 3.63) is 32.7 Å². The van der Waals surface area contributed by atoms with Gasteiger partial charge in [-0.25, -0.2) is 0 Å². The van der Waals surface area contributed by atoms with Gasteiger partial charge in [0.15, 0.2) is 0 Å². The van der Waals surface area contributed by atoms with Gasteiger partial charge in [0.2, 0.25) is 0 Å². The second-order valence-corrected chi connectivity index (χ2v) is 6.95. The van der Waals surface area contributed by atoms with E-state index in [2.05, 4.69) is 55.0 Å². The van der Waals surface area contributed by atoms with E-state index in [9.17, 15) is 4.79 Å². The van der Waals surface area contributed by atoms with Crippen LogP contribution in [0.4, 0.5) is 0 Å². The van der Waals surface area contributed by atoms with E-state index < -0.39 is 5.97 Å². The zero-order valence-electron chi connectivity index (χ0n) is 11.7. The Morgan fingerprint density at radius 3 is 2.62 bits per heavy atom. The largest absolute Gasteiger partial charge is 0.481 e. The number of nitrogens with zero attached hydrogens (tertiary/aromatic N) is 1. The van der Waals surface area contributed by atoms with Gasteiger partial charge in [-0.2, -0.15) is 0 Å². The second-order valence-electron chi connectivity index (χ2n) is 5.24. The lowest BCUT2D eigenvalue weighted by atomic mass is 10.1. The topological polar surface area (TPSA) is 49.8 Å². The number of ether oxygens (including phenoxy) is 1. The fraction of sp³-hybridized carbons (Fsp3) is 0.533. The lowest BCUT2D eigenvalue weighted by molar-refractivity contribution is -0.138. The number of hydrogen-bond donors (Lipinski definition) is 1. The summed E-state index contributed by atoms with van der Waals surface area (Å²) in [5.74, 6) is -0.798. The summed E-state index contributed by atoms with van der Waals surface area (Å²) in [7, 11) is 0. The number of likely N-dealkylation sites (tertiary alicyclic amines) is 1. The van der Waals surface area contributed by atoms with Gasteiger partial charge in [-0.15, -0.1) is 0 Å². The predicted molar refractivity (Wildman–Crippen MR) is 88.3 cm³/mol. The molecule has 1 aliphatic rings. The van der Waals surface area contributed by atoms with E-state index in [0.717, 1.165) is 41.4 Å². The minimum absolute atomic E-state index is 0.0904. The zero-order valence-corrected chi connectivity index (χ0v) is 14.9. The van der Waals surface area contributed by atoms with Crippen LogP contribution >= 0.6 is 31.9 Å². The fourth-order valence-electron chi connectivity index (χ4n) is 2.44. The molecule has 0 radical (unpaired) electrons. The molecule has 0 saturated carbocycles. The third-order valence-corrected chi connectivity index (χ3v) is 5.47. The summed E-state index contributed by atoms with van der Waals surface area (Å²) in [6.45, 7) is 3.24. The lowest BCUT2D eigenvalue weighted by Crippen LogP contribution is -2.36. The molecule has 1 aliphatic heterocycles. The Labute approximate surface area is 141 Å². The first-order valence-corrected chi connectivity index (χ1v) is 8.63. The summed E-state index contributed by atoms with van der Waals surface area (Å²) in [6.07, 6.45) is 2.24. The van der Waals surface area contributed by atoms with Crippen LogP contribution in [0.3, 0.4) is 0 Å². The van der Waals surface area contributed by atoms with E-state index in [1.165, 1.54) is 5.56 Å². The molecule has 1 heterocycles. The Balaban J connectivity index is 1.73. The molecule has 0 amide bonds. The van der Waals surface area contributed by atoms with Crippen molar-refractivity contribution < 1.29 is 14.6 Å². The Morgan fingerprint density at radius 1 is 1.29 bits per heavy atom. The third kappa shape index (κ3) is 5.70. The number of carboxylic acid groups (broad SMARTS) is 1. The molecule has 4 nitrogen and oxygen atoms in total. The van der Waals surface area contributed by atoms with Gasteiger partial charge in [-0.05, 0) is 62.4 Å². The Hall–Kier alpha value is -0.430. The van der Waals surface area contributed by atoms with Crippen LogP contribution in [0.15, 0.2) is 27.1 Å². The van der Waals surface area contributed by atoms with E-state index in [0.29, 0.717) is 6.61 Å². The molecule has 0 spiro atoms. The summed E-state index contributed by atoms with van der Waals surface area (Å²) < 4.78 is 7.75. The van der Waals surface area contributed by atoms with E-state index in [1.54, 1.807) is 0 Å². The summed E-state index contributed by atoms with van der Waals surface area (Å²) >= 11 is 7.00. The molecule has 1 N–H and O–H groups in total. The van der Waals surface area contributed by atoms with Crippen molar-refractivity contribution in [2.45, 2.75) is 31.9 Å². The number of aliphatic carboxylic acids is 1. The van der Waals surface area contributed by atoms with Crippen LogP contribution in [-0.4, -0.2) is 41.8 Å². The summed E-state index contributed by atoms with van der Waals surface area (Å²) in [5.41, 5.74) is 1.29. The molecular weight excluding hydrogens is 402 g/mol. The highest BCUT2D eigenvalue weighted by atomic mass is 79.9. The smallest absolute Gasteiger partial charge is 0.305 e. The minimum atomic E-state index is -0.798. The monoisotopic (exact) mass is 419 g/mol. The lowest BCUT2D eigenvalue weighted by Gasteiger charge is -2.31. The minimum Gasteiger partial charge on any atom is -0.481 e. The van der Waals surface area contributed by atoms with Crippen LogP contribution in [0.25, 0.3) is 0 Å². The van der Waals surface area contributed by atoms with Crippen LogP contribution in [0.5, 0.6) is 0 Å². The van der Waals surface area contributed by atoms with Gasteiger partial charge in [-0.3, -0.25) is 9.69 Å². The first-order valence-electron chi connectivity index (χ1n) is 7.04. The first kappa shape index (κ1) is 16.9.